The van der Waals surface area contributed by atoms with E-state index in [1.807, 2.05) is 36.6 Å². The summed E-state index contributed by atoms with van der Waals surface area (Å²) < 4.78 is 0. The number of benzene rings is 2. The van der Waals surface area contributed by atoms with Crippen molar-refractivity contribution in [2.24, 2.45) is 5.92 Å². The standard InChI is InChI=1S/C21H19N3O2S/c1-13-4-2-3-5-17(13)18-12-27-21(23-18)24-20(26)15-8-10-16(11-9-15)22-19(25)14-6-7-14/h2-5,8-12,14H,6-7H2,1H3,(H,22,25)(H,23,24,26). The normalized spacial score (nSPS) is 13.2. The zero-order chi connectivity index (χ0) is 18.8. The van der Waals surface area contributed by atoms with Crippen LogP contribution in [0.2, 0.25) is 0 Å². The maximum absolute atomic E-state index is 12.4. The van der Waals surface area contributed by atoms with E-state index in [1.165, 1.54) is 11.3 Å². The molecule has 0 atom stereocenters. The van der Waals surface area contributed by atoms with Crippen molar-refractivity contribution < 1.29 is 9.59 Å². The summed E-state index contributed by atoms with van der Waals surface area (Å²) in [4.78, 5) is 28.7. The molecule has 1 aliphatic carbocycles. The molecule has 136 valence electrons. The van der Waals surface area contributed by atoms with Crippen molar-refractivity contribution in [2.45, 2.75) is 19.8 Å². The molecule has 1 saturated carbocycles. The maximum atomic E-state index is 12.4. The lowest BCUT2D eigenvalue weighted by atomic mass is 10.1. The molecule has 1 aromatic heterocycles. The van der Waals surface area contributed by atoms with Gasteiger partial charge in [-0.1, -0.05) is 24.3 Å². The molecule has 0 radical (unpaired) electrons. The average Bonchev–Trinajstić information content (AvgIpc) is 3.43. The molecule has 5 nitrogen and oxygen atoms in total. The molecule has 1 aliphatic rings. The number of hydrogen-bond acceptors (Lipinski definition) is 4. The van der Waals surface area contributed by atoms with Gasteiger partial charge in [0.25, 0.3) is 5.91 Å². The van der Waals surface area contributed by atoms with Gasteiger partial charge in [-0.05, 0) is 49.6 Å². The van der Waals surface area contributed by atoms with E-state index in [9.17, 15) is 9.59 Å². The summed E-state index contributed by atoms with van der Waals surface area (Å²) in [5, 5.41) is 8.20. The van der Waals surface area contributed by atoms with Crippen molar-refractivity contribution in [2.75, 3.05) is 10.6 Å². The van der Waals surface area contributed by atoms with Gasteiger partial charge in [-0.25, -0.2) is 4.98 Å². The Morgan fingerprint density at radius 3 is 2.48 bits per heavy atom. The van der Waals surface area contributed by atoms with Crippen molar-refractivity contribution in [3.05, 3.63) is 65.0 Å². The number of hydrogen-bond donors (Lipinski definition) is 2. The predicted octanol–water partition coefficient (Wildman–Crippen LogP) is 4.72. The van der Waals surface area contributed by atoms with Gasteiger partial charge in [-0.15, -0.1) is 11.3 Å². The lowest BCUT2D eigenvalue weighted by Crippen LogP contribution is -2.14. The van der Waals surface area contributed by atoms with Gasteiger partial charge >= 0.3 is 0 Å². The molecule has 2 amide bonds. The van der Waals surface area contributed by atoms with Gasteiger partial charge in [0, 0.05) is 28.1 Å². The minimum atomic E-state index is -0.222. The highest BCUT2D eigenvalue weighted by atomic mass is 32.1. The van der Waals surface area contributed by atoms with Crippen molar-refractivity contribution >= 4 is 34.0 Å². The summed E-state index contributed by atoms with van der Waals surface area (Å²) in [7, 11) is 0. The minimum Gasteiger partial charge on any atom is -0.326 e. The van der Waals surface area contributed by atoms with E-state index < -0.39 is 0 Å². The van der Waals surface area contributed by atoms with Crippen LogP contribution in [0, 0.1) is 12.8 Å². The van der Waals surface area contributed by atoms with Gasteiger partial charge in [-0.3, -0.25) is 14.9 Å². The van der Waals surface area contributed by atoms with Crippen LogP contribution in [0.15, 0.2) is 53.9 Å². The minimum absolute atomic E-state index is 0.0544. The topological polar surface area (TPSA) is 71.1 Å². The molecule has 6 heteroatoms. The molecule has 4 rings (SSSR count). The first kappa shape index (κ1) is 17.4. The average molecular weight is 377 g/mol. The fourth-order valence-corrected chi connectivity index (χ4v) is 3.48. The number of nitrogens with zero attached hydrogens (tertiary/aromatic N) is 1. The molecule has 2 aromatic carbocycles. The van der Waals surface area contributed by atoms with Crippen LogP contribution in [0.4, 0.5) is 10.8 Å². The highest BCUT2D eigenvalue weighted by molar-refractivity contribution is 7.14. The number of anilines is 2. The van der Waals surface area contributed by atoms with E-state index >= 15 is 0 Å². The molecule has 0 bridgehead atoms. The SMILES string of the molecule is Cc1ccccc1-c1csc(NC(=O)c2ccc(NC(=O)C3CC3)cc2)n1. The summed E-state index contributed by atoms with van der Waals surface area (Å²) in [5.41, 5.74) is 4.28. The van der Waals surface area contributed by atoms with E-state index in [0.717, 1.165) is 29.7 Å². The third-order valence-electron chi connectivity index (χ3n) is 4.51. The Labute approximate surface area is 161 Å². The lowest BCUT2D eigenvalue weighted by molar-refractivity contribution is -0.117. The lowest BCUT2D eigenvalue weighted by Gasteiger charge is -2.06. The van der Waals surface area contributed by atoms with Crippen molar-refractivity contribution in [3.8, 4) is 11.3 Å². The van der Waals surface area contributed by atoms with Crippen LogP contribution in [0.5, 0.6) is 0 Å². The number of carbonyl (C=O) groups excluding carboxylic acids is 2. The molecule has 3 aromatic rings. The number of nitrogens with one attached hydrogen (secondary N) is 2. The summed E-state index contributed by atoms with van der Waals surface area (Å²) in [6, 6.07) is 14.9. The number of amides is 2. The first-order chi connectivity index (χ1) is 13.1. The second-order valence-corrected chi connectivity index (χ2v) is 7.51. The quantitative estimate of drug-likeness (QED) is 0.676. The molecular formula is C21H19N3O2S. The summed E-state index contributed by atoms with van der Waals surface area (Å²) >= 11 is 1.40. The molecule has 0 aliphatic heterocycles. The number of aryl methyl sites for hydroxylation is 1. The first-order valence-corrected chi connectivity index (χ1v) is 9.72. The van der Waals surface area contributed by atoms with Crippen LogP contribution >= 0.6 is 11.3 Å². The fourth-order valence-electron chi connectivity index (χ4n) is 2.78. The zero-order valence-electron chi connectivity index (χ0n) is 14.9. The maximum Gasteiger partial charge on any atom is 0.257 e. The zero-order valence-corrected chi connectivity index (χ0v) is 15.7. The van der Waals surface area contributed by atoms with E-state index in [1.54, 1.807) is 24.3 Å². The smallest absolute Gasteiger partial charge is 0.257 e. The molecule has 2 N–H and O–H groups in total. The molecule has 0 spiro atoms. The Balaban J connectivity index is 1.42. The predicted molar refractivity (Wildman–Crippen MR) is 108 cm³/mol. The van der Waals surface area contributed by atoms with Crippen molar-refractivity contribution in [1.82, 2.24) is 4.98 Å². The van der Waals surface area contributed by atoms with E-state index in [4.69, 9.17) is 0 Å². The second-order valence-electron chi connectivity index (χ2n) is 6.65. The first-order valence-electron chi connectivity index (χ1n) is 8.84. The van der Waals surface area contributed by atoms with Gasteiger partial charge < -0.3 is 5.32 Å². The van der Waals surface area contributed by atoms with Crippen LogP contribution in [0.3, 0.4) is 0 Å². The van der Waals surface area contributed by atoms with Crippen LogP contribution in [-0.2, 0) is 4.79 Å². The van der Waals surface area contributed by atoms with Crippen molar-refractivity contribution in [3.63, 3.8) is 0 Å². The third-order valence-corrected chi connectivity index (χ3v) is 5.27. The number of carbonyl (C=O) groups is 2. The Morgan fingerprint density at radius 2 is 1.78 bits per heavy atom. The molecular weight excluding hydrogens is 358 g/mol. The van der Waals surface area contributed by atoms with E-state index in [-0.39, 0.29) is 17.7 Å². The van der Waals surface area contributed by atoms with Crippen LogP contribution in [-0.4, -0.2) is 16.8 Å². The molecule has 1 fully saturated rings. The van der Waals surface area contributed by atoms with Crippen LogP contribution in [0.1, 0.15) is 28.8 Å². The largest absolute Gasteiger partial charge is 0.326 e. The Hall–Kier alpha value is -2.99. The van der Waals surface area contributed by atoms with Gasteiger partial charge in [0.05, 0.1) is 5.69 Å². The second kappa shape index (κ2) is 7.32. The number of thiazole rings is 1. The third kappa shape index (κ3) is 4.06. The van der Waals surface area contributed by atoms with Crippen LogP contribution in [0.25, 0.3) is 11.3 Å². The summed E-state index contributed by atoms with van der Waals surface area (Å²) in [6.45, 7) is 2.04. The Bertz CT molecular complexity index is 991. The Morgan fingerprint density at radius 1 is 1.04 bits per heavy atom. The molecule has 0 saturated heterocycles. The van der Waals surface area contributed by atoms with Gasteiger partial charge in [0.15, 0.2) is 5.13 Å². The fraction of sp³-hybridized carbons (Fsp3) is 0.190. The van der Waals surface area contributed by atoms with Crippen LogP contribution < -0.4 is 10.6 Å². The van der Waals surface area contributed by atoms with Gasteiger partial charge in [-0.2, -0.15) is 0 Å². The molecule has 0 unspecified atom stereocenters. The van der Waals surface area contributed by atoms with Gasteiger partial charge in [0.2, 0.25) is 5.91 Å². The molecule has 27 heavy (non-hydrogen) atoms. The summed E-state index contributed by atoms with van der Waals surface area (Å²) in [5.74, 6) is -0.0141. The number of rotatable bonds is 5. The van der Waals surface area contributed by atoms with Gasteiger partial charge in [0.1, 0.15) is 0 Å². The molecule has 1 heterocycles. The highest BCUT2D eigenvalue weighted by Gasteiger charge is 2.29. The van der Waals surface area contributed by atoms with E-state index in [0.29, 0.717) is 16.4 Å². The highest BCUT2D eigenvalue weighted by Crippen LogP contribution is 2.30. The summed E-state index contributed by atoms with van der Waals surface area (Å²) in [6.07, 6.45) is 1.93. The number of aromatic nitrogens is 1. The Kier molecular flexibility index (Phi) is 4.73. The monoisotopic (exact) mass is 377 g/mol. The van der Waals surface area contributed by atoms with Crippen molar-refractivity contribution in [1.29, 1.82) is 0 Å². The van der Waals surface area contributed by atoms with E-state index in [2.05, 4.69) is 15.6 Å².